The number of aliphatic carboxylic acids is 2. The van der Waals surface area contributed by atoms with Crippen molar-refractivity contribution < 1.29 is 43.8 Å². The van der Waals surface area contributed by atoms with Crippen LogP contribution < -0.4 is 24.0 Å². The van der Waals surface area contributed by atoms with E-state index in [4.69, 9.17) is 10.2 Å². The van der Waals surface area contributed by atoms with Gasteiger partial charge in [0, 0.05) is 0 Å². The van der Waals surface area contributed by atoms with Gasteiger partial charge >= 0.3 is 24.8 Å². The first-order chi connectivity index (χ1) is 3.55. The molecule has 0 aliphatic carbocycles. The maximum absolute atomic E-state index is 9.47. The molecule has 6 heteroatoms. The van der Waals surface area contributed by atoms with Crippen molar-refractivity contribution in [1.82, 2.24) is 0 Å². The second kappa shape index (κ2) is 4.38. The Balaban J connectivity index is 0. The fraction of sp³-hybridized carbons (Fsp3) is 0.333. The number of carbonyl (C=O) groups is 2. The summed E-state index contributed by atoms with van der Waals surface area (Å²) in [4.78, 5) is 18.9. The van der Waals surface area contributed by atoms with Gasteiger partial charge in [0.1, 0.15) is 0 Å². The van der Waals surface area contributed by atoms with E-state index in [1.165, 1.54) is 0 Å². The van der Waals surface area contributed by atoms with Crippen LogP contribution in [0.4, 0.5) is 0 Å². The predicted octanol–water partition coefficient (Wildman–Crippen LogP) is -5.81. The summed E-state index contributed by atoms with van der Waals surface area (Å²) >= 11 is 0. The van der Waals surface area contributed by atoms with Crippen LogP contribution in [0.15, 0.2) is 0 Å². The standard InChI is InChI=1S/C3H4O5.Li/c4-1(2(5)6)3(7)8;/h1,4H,(H,5,6)(H,7,8);/q;+1/p-1. The van der Waals surface area contributed by atoms with E-state index in [2.05, 4.69) is 0 Å². The van der Waals surface area contributed by atoms with E-state index >= 15 is 0 Å². The van der Waals surface area contributed by atoms with Gasteiger partial charge < -0.3 is 20.1 Å². The van der Waals surface area contributed by atoms with Crippen molar-refractivity contribution in [2.75, 3.05) is 0 Å². The van der Waals surface area contributed by atoms with Crippen LogP contribution in [0.2, 0.25) is 0 Å². The molecule has 9 heavy (non-hydrogen) atoms. The monoisotopic (exact) mass is 126 g/mol. The first-order valence-electron chi connectivity index (χ1n) is 1.67. The Morgan fingerprint density at radius 3 is 1.78 bits per heavy atom. The predicted molar refractivity (Wildman–Crippen MR) is 18.6 cm³/mol. The zero-order chi connectivity index (χ0) is 6.73. The second-order valence-corrected chi connectivity index (χ2v) is 1.06. The van der Waals surface area contributed by atoms with Crippen molar-refractivity contribution >= 4 is 11.9 Å². The van der Waals surface area contributed by atoms with Gasteiger partial charge in [0.05, 0.1) is 5.97 Å². The molecule has 0 saturated carbocycles. The summed E-state index contributed by atoms with van der Waals surface area (Å²) in [5.41, 5.74) is 0. The van der Waals surface area contributed by atoms with Crippen LogP contribution in [0, 0.1) is 0 Å². The Hall–Kier alpha value is -0.503. The van der Waals surface area contributed by atoms with Crippen LogP contribution in [0.25, 0.3) is 0 Å². The fourth-order valence-electron chi connectivity index (χ4n) is 0.101. The van der Waals surface area contributed by atoms with E-state index in [0.29, 0.717) is 0 Å². The summed E-state index contributed by atoms with van der Waals surface area (Å²) in [7, 11) is 0. The van der Waals surface area contributed by atoms with Gasteiger partial charge in [-0.05, 0) is 0 Å². The van der Waals surface area contributed by atoms with Crippen LogP contribution in [0.3, 0.4) is 0 Å². The Labute approximate surface area is 62.5 Å². The third kappa shape index (κ3) is 4.03. The molecule has 0 rings (SSSR count). The molecule has 0 saturated heterocycles. The summed E-state index contributed by atoms with van der Waals surface area (Å²) in [6.45, 7) is 0. The van der Waals surface area contributed by atoms with Gasteiger partial charge in [0.15, 0.2) is 6.10 Å². The molecule has 46 valence electrons. The quantitative estimate of drug-likeness (QED) is 0.283. The van der Waals surface area contributed by atoms with Crippen LogP contribution in [-0.2, 0) is 9.59 Å². The summed E-state index contributed by atoms with van der Waals surface area (Å²) < 4.78 is 0. The Kier molecular flexibility index (Phi) is 5.51. The third-order valence-electron chi connectivity index (χ3n) is 0.457. The average Bonchev–Trinajstić information content (AvgIpc) is 1.64. The number of carbonyl (C=O) groups excluding carboxylic acids is 1. The smallest absolute Gasteiger partial charge is 0.547 e. The van der Waals surface area contributed by atoms with Crippen LogP contribution in [0.5, 0.6) is 0 Å². The molecule has 1 atom stereocenters. The number of hydrogen-bond acceptors (Lipinski definition) is 4. The van der Waals surface area contributed by atoms with Gasteiger partial charge in [0.25, 0.3) is 0 Å². The molecule has 5 nitrogen and oxygen atoms in total. The number of carboxylic acids is 2. The minimum absolute atomic E-state index is 0. The number of hydrogen-bond donors (Lipinski definition) is 2. The largest absolute Gasteiger partial charge is 1.00 e. The SMILES string of the molecule is O=C([O-])C(O)C(=O)O.[Li+]. The van der Waals surface area contributed by atoms with Gasteiger partial charge in [-0.15, -0.1) is 0 Å². The third-order valence-corrected chi connectivity index (χ3v) is 0.457. The molecule has 0 aromatic rings. The normalized spacial score (nSPS) is 11.2. The van der Waals surface area contributed by atoms with E-state index in [1.54, 1.807) is 0 Å². The van der Waals surface area contributed by atoms with E-state index in [9.17, 15) is 14.7 Å². The molecule has 1 unspecified atom stereocenters. The maximum atomic E-state index is 9.47. The van der Waals surface area contributed by atoms with E-state index in [0.717, 1.165) is 0 Å². The summed E-state index contributed by atoms with van der Waals surface area (Å²) in [6, 6.07) is 0. The van der Waals surface area contributed by atoms with Gasteiger partial charge in [-0.2, -0.15) is 0 Å². The van der Waals surface area contributed by atoms with Crippen molar-refractivity contribution in [3.8, 4) is 0 Å². The molecule has 0 fully saturated rings. The molecule has 0 heterocycles. The number of rotatable bonds is 2. The molecular weight excluding hydrogens is 123 g/mol. The zero-order valence-electron chi connectivity index (χ0n) is 4.70. The van der Waals surface area contributed by atoms with Crippen molar-refractivity contribution in [2.24, 2.45) is 0 Å². The minimum atomic E-state index is -2.41. The molecule has 0 aromatic carbocycles. The van der Waals surface area contributed by atoms with Crippen LogP contribution in [0.1, 0.15) is 0 Å². The van der Waals surface area contributed by atoms with Crippen LogP contribution in [-0.4, -0.2) is 28.3 Å². The summed E-state index contributed by atoms with van der Waals surface area (Å²) in [5, 5.41) is 25.0. The van der Waals surface area contributed by atoms with E-state index in [1.807, 2.05) is 0 Å². The number of carboxylic acid groups (broad SMARTS) is 2. The van der Waals surface area contributed by atoms with Gasteiger partial charge in [-0.3, -0.25) is 0 Å². The van der Waals surface area contributed by atoms with Gasteiger partial charge in [-0.1, -0.05) is 0 Å². The average molecular weight is 126 g/mol. The Morgan fingerprint density at radius 1 is 1.44 bits per heavy atom. The summed E-state index contributed by atoms with van der Waals surface area (Å²) in [5.74, 6) is -3.82. The maximum Gasteiger partial charge on any atom is 1.00 e. The van der Waals surface area contributed by atoms with Crippen molar-refractivity contribution in [3.05, 3.63) is 0 Å². The first-order valence-corrected chi connectivity index (χ1v) is 1.67. The number of aliphatic hydroxyl groups is 1. The van der Waals surface area contributed by atoms with Crippen molar-refractivity contribution in [2.45, 2.75) is 6.10 Å². The van der Waals surface area contributed by atoms with E-state index in [-0.39, 0.29) is 18.9 Å². The second-order valence-electron chi connectivity index (χ2n) is 1.06. The molecule has 0 aromatic heterocycles. The van der Waals surface area contributed by atoms with Crippen molar-refractivity contribution in [1.29, 1.82) is 0 Å². The van der Waals surface area contributed by atoms with Gasteiger partial charge in [0.2, 0.25) is 0 Å². The van der Waals surface area contributed by atoms with Gasteiger partial charge in [-0.25, -0.2) is 4.79 Å². The molecule has 0 amide bonds. The molecule has 2 N–H and O–H groups in total. The van der Waals surface area contributed by atoms with Crippen LogP contribution >= 0.6 is 0 Å². The fourth-order valence-corrected chi connectivity index (χ4v) is 0.101. The zero-order valence-corrected chi connectivity index (χ0v) is 4.70. The number of aliphatic hydroxyl groups excluding tert-OH is 1. The Bertz CT molecular complexity index is 107. The molecule has 0 radical (unpaired) electrons. The summed E-state index contributed by atoms with van der Waals surface area (Å²) in [6.07, 6.45) is -2.41. The first kappa shape index (κ1) is 11.3. The van der Waals surface area contributed by atoms with Crippen molar-refractivity contribution in [3.63, 3.8) is 0 Å². The molecule has 0 bridgehead atoms. The molecule has 0 aliphatic heterocycles. The topological polar surface area (TPSA) is 97.7 Å². The minimum Gasteiger partial charge on any atom is -0.547 e. The molecule has 0 aliphatic rings. The Morgan fingerprint density at radius 2 is 1.78 bits per heavy atom. The molecule has 0 spiro atoms. The van der Waals surface area contributed by atoms with E-state index < -0.39 is 18.0 Å². The molecular formula is C3H3LiO5.